The van der Waals surface area contributed by atoms with E-state index in [1.807, 2.05) is 30.3 Å². The summed E-state index contributed by atoms with van der Waals surface area (Å²) in [5, 5.41) is 12.0. The molecule has 1 amide bonds. The third-order valence-electron chi connectivity index (χ3n) is 3.04. The number of phenols is 1. The lowest BCUT2D eigenvalue weighted by Gasteiger charge is -2.12. The molecular weight excluding hydrogens is 252 g/mol. The van der Waals surface area contributed by atoms with Gasteiger partial charge in [-0.2, -0.15) is 0 Å². The summed E-state index contributed by atoms with van der Waals surface area (Å²) in [6.07, 6.45) is 0.445. The van der Waals surface area contributed by atoms with Crippen LogP contribution >= 0.6 is 0 Å². The predicted molar refractivity (Wildman–Crippen MR) is 78.1 cm³/mol. The number of phenolic OH excluding ortho intramolecular Hbond substituents is 1. The van der Waals surface area contributed by atoms with Gasteiger partial charge in [0.2, 0.25) is 5.91 Å². The Morgan fingerprint density at radius 2 is 1.70 bits per heavy atom. The average molecular weight is 270 g/mol. The Bertz CT molecular complexity index is 552. The van der Waals surface area contributed by atoms with Gasteiger partial charge in [0, 0.05) is 6.54 Å². The summed E-state index contributed by atoms with van der Waals surface area (Å²) in [4.78, 5) is 11.9. The molecule has 4 nitrogen and oxygen atoms in total. The highest BCUT2D eigenvalue weighted by Crippen LogP contribution is 2.10. The van der Waals surface area contributed by atoms with Gasteiger partial charge in [0.1, 0.15) is 5.75 Å². The molecule has 0 heterocycles. The first kappa shape index (κ1) is 14.1. The minimum absolute atomic E-state index is 0.179. The van der Waals surface area contributed by atoms with E-state index in [0.717, 1.165) is 11.1 Å². The first-order valence-electron chi connectivity index (χ1n) is 6.50. The number of hydrogen-bond donors (Lipinski definition) is 3. The van der Waals surface area contributed by atoms with E-state index in [-0.39, 0.29) is 11.7 Å². The van der Waals surface area contributed by atoms with Crippen molar-refractivity contribution < 1.29 is 9.90 Å². The van der Waals surface area contributed by atoms with Gasteiger partial charge >= 0.3 is 0 Å². The van der Waals surface area contributed by atoms with Crippen LogP contribution in [0.3, 0.4) is 0 Å². The van der Waals surface area contributed by atoms with Crippen molar-refractivity contribution in [1.29, 1.82) is 0 Å². The first-order chi connectivity index (χ1) is 9.65. The number of hydrogen-bond acceptors (Lipinski definition) is 3. The molecule has 0 unspecified atom stereocenters. The SMILES string of the molecule is N[C@@H](Cc1ccc(O)cc1)C(=O)NCc1ccccc1. The van der Waals surface area contributed by atoms with Crippen LogP contribution in [-0.4, -0.2) is 17.1 Å². The predicted octanol–water partition coefficient (Wildman–Crippen LogP) is 1.58. The number of nitrogens with one attached hydrogen (secondary N) is 1. The molecule has 0 spiro atoms. The Labute approximate surface area is 118 Å². The molecular formula is C16H18N2O2. The molecule has 104 valence electrons. The number of rotatable bonds is 5. The minimum atomic E-state index is -0.594. The van der Waals surface area contributed by atoms with E-state index in [2.05, 4.69) is 5.32 Å². The van der Waals surface area contributed by atoms with Crippen LogP contribution in [0.4, 0.5) is 0 Å². The van der Waals surface area contributed by atoms with Gasteiger partial charge in [-0.15, -0.1) is 0 Å². The van der Waals surface area contributed by atoms with E-state index >= 15 is 0 Å². The molecule has 0 fully saturated rings. The van der Waals surface area contributed by atoms with Crippen LogP contribution in [-0.2, 0) is 17.8 Å². The Morgan fingerprint density at radius 3 is 2.35 bits per heavy atom. The van der Waals surface area contributed by atoms with Crippen molar-refractivity contribution in [3.05, 3.63) is 65.7 Å². The second-order valence-corrected chi connectivity index (χ2v) is 4.68. The second kappa shape index (κ2) is 6.73. The topological polar surface area (TPSA) is 75.3 Å². The van der Waals surface area contributed by atoms with Gasteiger partial charge in [-0.05, 0) is 29.7 Å². The van der Waals surface area contributed by atoms with Gasteiger partial charge in [-0.25, -0.2) is 0 Å². The number of carbonyl (C=O) groups excluding carboxylic acids is 1. The average Bonchev–Trinajstić information content (AvgIpc) is 2.48. The lowest BCUT2D eigenvalue weighted by molar-refractivity contribution is -0.122. The fraction of sp³-hybridized carbons (Fsp3) is 0.188. The van der Waals surface area contributed by atoms with Crippen molar-refractivity contribution >= 4 is 5.91 Å². The highest BCUT2D eigenvalue weighted by Gasteiger charge is 2.13. The van der Waals surface area contributed by atoms with Crippen LogP contribution in [0.1, 0.15) is 11.1 Å². The van der Waals surface area contributed by atoms with Crippen molar-refractivity contribution in [2.45, 2.75) is 19.0 Å². The molecule has 0 aliphatic carbocycles. The zero-order chi connectivity index (χ0) is 14.4. The van der Waals surface area contributed by atoms with Crippen molar-refractivity contribution in [3.63, 3.8) is 0 Å². The molecule has 2 aromatic rings. The maximum atomic E-state index is 11.9. The molecule has 0 saturated carbocycles. The number of amides is 1. The van der Waals surface area contributed by atoms with Gasteiger partial charge in [0.25, 0.3) is 0 Å². The summed E-state index contributed by atoms with van der Waals surface area (Å²) in [6.45, 7) is 0.475. The molecule has 1 atom stereocenters. The van der Waals surface area contributed by atoms with E-state index < -0.39 is 6.04 Å². The molecule has 0 aliphatic heterocycles. The van der Waals surface area contributed by atoms with E-state index in [1.165, 1.54) is 0 Å². The zero-order valence-electron chi connectivity index (χ0n) is 11.1. The van der Waals surface area contributed by atoms with Crippen LogP contribution in [0.5, 0.6) is 5.75 Å². The van der Waals surface area contributed by atoms with E-state index in [0.29, 0.717) is 13.0 Å². The van der Waals surface area contributed by atoms with Crippen molar-refractivity contribution in [1.82, 2.24) is 5.32 Å². The molecule has 0 bridgehead atoms. The summed E-state index contributed by atoms with van der Waals surface area (Å²) in [5.41, 5.74) is 7.84. The van der Waals surface area contributed by atoms with E-state index in [9.17, 15) is 9.90 Å². The Kier molecular flexibility index (Phi) is 4.74. The van der Waals surface area contributed by atoms with Crippen molar-refractivity contribution in [3.8, 4) is 5.75 Å². The third-order valence-corrected chi connectivity index (χ3v) is 3.04. The van der Waals surface area contributed by atoms with Crippen molar-refractivity contribution in [2.24, 2.45) is 5.73 Å². The molecule has 4 heteroatoms. The summed E-state index contributed by atoms with van der Waals surface area (Å²) in [7, 11) is 0. The summed E-state index contributed by atoms with van der Waals surface area (Å²) in [5.74, 6) is 0.0257. The first-order valence-corrected chi connectivity index (χ1v) is 6.50. The molecule has 20 heavy (non-hydrogen) atoms. The minimum Gasteiger partial charge on any atom is -0.508 e. The maximum Gasteiger partial charge on any atom is 0.237 e. The van der Waals surface area contributed by atoms with E-state index in [4.69, 9.17) is 5.73 Å². The lowest BCUT2D eigenvalue weighted by Crippen LogP contribution is -2.41. The Hall–Kier alpha value is -2.33. The smallest absolute Gasteiger partial charge is 0.237 e. The fourth-order valence-electron chi connectivity index (χ4n) is 1.89. The maximum absolute atomic E-state index is 11.9. The monoisotopic (exact) mass is 270 g/mol. The molecule has 0 aromatic heterocycles. The van der Waals surface area contributed by atoms with Gasteiger partial charge < -0.3 is 16.2 Å². The third kappa shape index (κ3) is 4.10. The van der Waals surface area contributed by atoms with Crippen LogP contribution < -0.4 is 11.1 Å². The highest BCUT2D eigenvalue weighted by molar-refractivity contribution is 5.81. The normalized spacial score (nSPS) is 11.8. The van der Waals surface area contributed by atoms with Crippen LogP contribution in [0.15, 0.2) is 54.6 Å². The summed E-state index contributed by atoms with van der Waals surface area (Å²) in [6, 6.07) is 15.8. The molecule has 4 N–H and O–H groups in total. The largest absolute Gasteiger partial charge is 0.508 e. The Morgan fingerprint density at radius 1 is 1.05 bits per heavy atom. The fourth-order valence-corrected chi connectivity index (χ4v) is 1.89. The second-order valence-electron chi connectivity index (χ2n) is 4.68. The molecule has 0 saturated heterocycles. The zero-order valence-corrected chi connectivity index (χ0v) is 11.1. The highest BCUT2D eigenvalue weighted by atomic mass is 16.3. The summed E-state index contributed by atoms with van der Waals surface area (Å²) < 4.78 is 0. The molecule has 0 aliphatic rings. The van der Waals surface area contributed by atoms with Gasteiger partial charge in [-0.1, -0.05) is 42.5 Å². The van der Waals surface area contributed by atoms with Gasteiger partial charge in [-0.3, -0.25) is 4.79 Å². The summed E-state index contributed by atoms with van der Waals surface area (Å²) >= 11 is 0. The van der Waals surface area contributed by atoms with Gasteiger partial charge in [0.05, 0.1) is 6.04 Å². The molecule has 0 radical (unpaired) electrons. The lowest BCUT2D eigenvalue weighted by atomic mass is 10.1. The number of carbonyl (C=O) groups is 1. The Balaban J connectivity index is 1.84. The van der Waals surface area contributed by atoms with E-state index in [1.54, 1.807) is 24.3 Å². The van der Waals surface area contributed by atoms with Crippen molar-refractivity contribution in [2.75, 3.05) is 0 Å². The number of benzene rings is 2. The molecule has 2 aromatic carbocycles. The quantitative estimate of drug-likeness (QED) is 0.772. The van der Waals surface area contributed by atoms with Gasteiger partial charge in [0.15, 0.2) is 0 Å². The standard InChI is InChI=1S/C16H18N2O2/c17-15(10-12-6-8-14(19)9-7-12)16(20)18-11-13-4-2-1-3-5-13/h1-9,15,19H,10-11,17H2,(H,18,20)/t15-/m0/s1. The van der Waals surface area contributed by atoms with Crippen LogP contribution in [0, 0.1) is 0 Å². The van der Waals surface area contributed by atoms with Crippen LogP contribution in [0.2, 0.25) is 0 Å². The number of aromatic hydroxyl groups is 1. The molecule has 2 rings (SSSR count). The van der Waals surface area contributed by atoms with Crippen LogP contribution in [0.25, 0.3) is 0 Å². The number of nitrogens with two attached hydrogens (primary N) is 1.